The molecule has 2 heteroatoms. The Balaban J connectivity index is 2.06. The first-order valence-corrected chi connectivity index (χ1v) is 8.85. The molecule has 1 atom stereocenters. The van der Waals surface area contributed by atoms with Crippen LogP contribution in [0.1, 0.15) is 59.3 Å². The Hall–Kier alpha value is -2.87. The minimum absolute atomic E-state index is 0.0769. The van der Waals surface area contributed by atoms with Crippen LogP contribution in [0.5, 0.6) is 0 Å². The lowest BCUT2D eigenvalue weighted by Gasteiger charge is -2.22. The van der Waals surface area contributed by atoms with Crippen molar-refractivity contribution in [2.24, 2.45) is 0 Å². The van der Waals surface area contributed by atoms with Crippen molar-refractivity contribution < 1.29 is 9.90 Å². The van der Waals surface area contributed by atoms with Gasteiger partial charge in [-0.3, -0.25) is 0 Å². The van der Waals surface area contributed by atoms with Crippen molar-refractivity contribution in [1.82, 2.24) is 0 Å². The summed E-state index contributed by atoms with van der Waals surface area (Å²) in [5, 5.41) is 9.16. The molecule has 132 valence electrons. The van der Waals surface area contributed by atoms with Crippen LogP contribution in [0.25, 0.3) is 0 Å². The van der Waals surface area contributed by atoms with E-state index in [1.807, 2.05) is 30.3 Å². The molecule has 2 nitrogen and oxygen atoms in total. The van der Waals surface area contributed by atoms with Crippen molar-refractivity contribution >= 4 is 5.97 Å². The molecule has 0 spiro atoms. The average molecular weight is 344 g/mol. The predicted molar refractivity (Wildman–Crippen MR) is 106 cm³/mol. The average Bonchev–Trinajstić information content (AvgIpc) is 2.63. The Morgan fingerprint density at radius 3 is 1.65 bits per heavy atom. The van der Waals surface area contributed by atoms with Crippen LogP contribution in [0, 0.1) is 0 Å². The topological polar surface area (TPSA) is 37.3 Å². The standard InChI is InChI=1S/C24H24O2/c1-24(2,3)21-15-13-19(14-16-21)22(17-7-5-4-6-8-17)18-9-11-20(12-10-18)23(25)26/h4-16,22H,1-3H3,(H,25,26). The Labute approximate surface area is 155 Å². The fourth-order valence-electron chi connectivity index (χ4n) is 3.22. The van der Waals surface area contributed by atoms with Gasteiger partial charge in [0.25, 0.3) is 0 Å². The van der Waals surface area contributed by atoms with Crippen molar-refractivity contribution in [3.8, 4) is 0 Å². The Morgan fingerprint density at radius 1 is 0.731 bits per heavy atom. The Morgan fingerprint density at radius 2 is 1.19 bits per heavy atom. The summed E-state index contributed by atoms with van der Waals surface area (Å²) in [5.74, 6) is -0.824. The quantitative estimate of drug-likeness (QED) is 0.602. The van der Waals surface area contributed by atoms with Gasteiger partial charge in [0, 0.05) is 5.92 Å². The number of benzene rings is 3. The molecule has 0 radical (unpaired) electrons. The van der Waals surface area contributed by atoms with Gasteiger partial charge in [0.05, 0.1) is 5.56 Å². The van der Waals surface area contributed by atoms with Crippen LogP contribution >= 0.6 is 0 Å². The summed E-state index contributed by atoms with van der Waals surface area (Å²) in [5.41, 5.74) is 5.21. The lowest BCUT2D eigenvalue weighted by Crippen LogP contribution is -2.11. The Kier molecular flexibility index (Phi) is 4.94. The predicted octanol–water partition coefficient (Wildman–Crippen LogP) is 5.86. The van der Waals surface area contributed by atoms with E-state index >= 15 is 0 Å². The fraction of sp³-hybridized carbons (Fsp3) is 0.208. The van der Waals surface area contributed by atoms with Crippen molar-refractivity contribution in [2.75, 3.05) is 0 Å². The number of hydrogen-bond acceptors (Lipinski definition) is 1. The summed E-state index contributed by atoms with van der Waals surface area (Å²) in [6, 6.07) is 26.3. The highest BCUT2D eigenvalue weighted by atomic mass is 16.4. The molecule has 0 bridgehead atoms. The van der Waals surface area contributed by atoms with Gasteiger partial charge >= 0.3 is 5.97 Å². The summed E-state index contributed by atoms with van der Waals surface area (Å²) in [6.45, 7) is 6.63. The van der Waals surface area contributed by atoms with Crippen LogP contribution < -0.4 is 0 Å². The van der Waals surface area contributed by atoms with E-state index in [1.165, 1.54) is 16.7 Å². The molecule has 3 aromatic rings. The third-order valence-corrected chi connectivity index (χ3v) is 4.73. The molecule has 1 N–H and O–H groups in total. The van der Waals surface area contributed by atoms with E-state index in [2.05, 4.69) is 57.2 Å². The third-order valence-electron chi connectivity index (χ3n) is 4.73. The van der Waals surface area contributed by atoms with E-state index in [4.69, 9.17) is 5.11 Å². The molecule has 1 unspecified atom stereocenters. The summed E-state index contributed by atoms with van der Waals surface area (Å²) in [6.07, 6.45) is 0. The molecular weight excluding hydrogens is 320 g/mol. The maximum Gasteiger partial charge on any atom is 0.335 e. The van der Waals surface area contributed by atoms with Crippen molar-refractivity contribution in [3.05, 3.63) is 107 Å². The summed E-state index contributed by atoms with van der Waals surface area (Å²) < 4.78 is 0. The highest BCUT2D eigenvalue weighted by Crippen LogP contribution is 2.33. The smallest absolute Gasteiger partial charge is 0.335 e. The molecule has 3 rings (SSSR count). The van der Waals surface area contributed by atoms with E-state index < -0.39 is 5.97 Å². The largest absolute Gasteiger partial charge is 0.478 e. The van der Waals surface area contributed by atoms with E-state index in [-0.39, 0.29) is 11.3 Å². The van der Waals surface area contributed by atoms with Gasteiger partial charge in [0.2, 0.25) is 0 Å². The number of rotatable bonds is 4. The van der Waals surface area contributed by atoms with Gasteiger partial charge in [0.15, 0.2) is 0 Å². The molecule has 0 saturated heterocycles. The highest BCUT2D eigenvalue weighted by molar-refractivity contribution is 5.87. The van der Waals surface area contributed by atoms with Crippen molar-refractivity contribution in [2.45, 2.75) is 32.1 Å². The van der Waals surface area contributed by atoms with E-state index in [1.54, 1.807) is 12.1 Å². The lowest BCUT2D eigenvalue weighted by molar-refractivity contribution is 0.0697. The molecule has 0 aliphatic rings. The Bertz CT molecular complexity index is 870. The van der Waals surface area contributed by atoms with Crippen LogP contribution in [0.3, 0.4) is 0 Å². The second-order valence-electron chi connectivity index (χ2n) is 7.64. The maximum absolute atomic E-state index is 11.2. The molecule has 0 aromatic heterocycles. The minimum atomic E-state index is -0.901. The second kappa shape index (κ2) is 7.17. The highest BCUT2D eigenvalue weighted by Gasteiger charge is 2.19. The first-order chi connectivity index (χ1) is 12.4. The number of carboxylic acids is 1. The van der Waals surface area contributed by atoms with Crippen LogP contribution in [-0.2, 0) is 5.41 Å². The number of carboxylic acid groups (broad SMARTS) is 1. The zero-order chi connectivity index (χ0) is 18.7. The molecular formula is C24H24O2. The van der Waals surface area contributed by atoms with Gasteiger partial charge in [-0.25, -0.2) is 4.79 Å². The van der Waals surface area contributed by atoms with Gasteiger partial charge in [0.1, 0.15) is 0 Å². The van der Waals surface area contributed by atoms with Gasteiger partial charge in [-0.1, -0.05) is 87.5 Å². The van der Waals surface area contributed by atoms with Crippen LogP contribution in [0.15, 0.2) is 78.9 Å². The third kappa shape index (κ3) is 3.85. The van der Waals surface area contributed by atoms with E-state index in [0.717, 1.165) is 5.56 Å². The minimum Gasteiger partial charge on any atom is -0.478 e. The SMILES string of the molecule is CC(C)(C)c1ccc(C(c2ccccc2)c2ccc(C(=O)O)cc2)cc1. The maximum atomic E-state index is 11.2. The number of aromatic carboxylic acids is 1. The molecule has 0 fully saturated rings. The summed E-state index contributed by atoms with van der Waals surface area (Å²) in [7, 11) is 0. The second-order valence-corrected chi connectivity index (χ2v) is 7.64. The molecule has 0 aliphatic carbocycles. The fourth-order valence-corrected chi connectivity index (χ4v) is 3.22. The van der Waals surface area contributed by atoms with Crippen molar-refractivity contribution in [1.29, 1.82) is 0 Å². The first-order valence-electron chi connectivity index (χ1n) is 8.85. The molecule has 3 aromatic carbocycles. The van der Waals surface area contributed by atoms with Gasteiger partial charge in [-0.15, -0.1) is 0 Å². The van der Waals surface area contributed by atoms with E-state index in [0.29, 0.717) is 5.56 Å². The van der Waals surface area contributed by atoms with Crippen molar-refractivity contribution in [3.63, 3.8) is 0 Å². The summed E-state index contributed by atoms with van der Waals surface area (Å²) in [4.78, 5) is 11.2. The van der Waals surface area contributed by atoms with Gasteiger partial charge in [-0.05, 0) is 39.8 Å². The monoisotopic (exact) mass is 344 g/mol. The zero-order valence-corrected chi connectivity index (χ0v) is 15.4. The number of hydrogen-bond donors (Lipinski definition) is 1. The molecule has 0 aliphatic heterocycles. The van der Waals surface area contributed by atoms with E-state index in [9.17, 15) is 4.79 Å². The van der Waals surface area contributed by atoms with Gasteiger partial charge < -0.3 is 5.11 Å². The molecule has 0 heterocycles. The van der Waals surface area contributed by atoms with Crippen LogP contribution in [-0.4, -0.2) is 11.1 Å². The molecule has 0 saturated carbocycles. The van der Waals surface area contributed by atoms with Crippen LogP contribution in [0.2, 0.25) is 0 Å². The first kappa shape index (κ1) is 17.9. The zero-order valence-electron chi connectivity index (χ0n) is 15.4. The lowest BCUT2D eigenvalue weighted by atomic mass is 9.82. The normalized spacial score (nSPS) is 12.6. The summed E-state index contributed by atoms with van der Waals surface area (Å²) >= 11 is 0. The van der Waals surface area contributed by atoms with Crippen LogP contribution in [0.4, 0.5) is 0 Å². The number of carbonyl (C=O) groups is 1. The van der Waals surface area contributed by atoms with Gasteiger partial charge in [-0.2, -0.15) is 0 Å². The molecule has 26 heavy (non-hydrogen) atoms. The molecule has 0 amide bonds.